The lowest BCUT2D eigenvalue weighted by molar-refractivity contribution is -0.122. The van der Waals surface area contributed by atoms with Gasteiger partial charge in [0.05, 0.1) is 17.7 Å². The molecule has 0 saturated carbocycles. The third-order valence-electron chi connectivity index (χ3n) is 5.99. The first kappa shape index (κ1) is 22.3. The van der Waals surface area contributed by atoms with E-state index < -0.39 is 11.7 Å². The standard InChI is InChI=1S/C23H24FN5O4/c1-28-13-14(11-25)8-19(28)23(32)29-16-3-4-17(29)12-27-22(31)18-9-15(24)2-5-20(18)33-7-6-26-21(30)10-16/h2,5,8-9,13,16-17H,3-4,6-7,10,12H2,1H3,(H,26,30)(H,27,31)/t16-,17+/m0/s1. The summed E-state index contributed by atoms with van der Waals surface area (Å²) in [7, 11) is 1.68. The number of fused-ring (bicyclic) bond motifs is 3. The van der Waals surface area contributed by atoms with Crippen LogP contribution >= 0.6 is 0 Å². The van der Waals surface area contributed by atoms with Crippen LogP contribution in [0.5, 0.6) is 5.75 Å². The number of nitriles is 1. The number of halogens is 1. The Hall–Kier alpha value is -3.87. The first-order valence-electron chi connectivity index (χ1n) is 10.7. The molecule has 2 bridgehead atoms. The highest BCUT2D eigenvalue weighted by molar-refractivity contribution is 5.97. The van der Waals surface area contributed by atoms with E-state index in [0.29, 0.717) is 24.1 Å². The summed E-state index contributed by atoms with van der Waals surface area (Å²) in [4.78, 5) is 40.5. The molecule has 1 aromatic heterocycles. The summed E-state index contributed by atoms with van der Waals surface area (Å²) in [6.07, 6.45) is 2.87. The number of carbonyl (C=O) groups excluding carboxylic acids is 3. The first-order valence-corrected chi connectivity index (χ1v) is 10.7. The van der Waals surface area contributed by atoms with Gasteiger partial charge in [0.2, 0.25) is 5.91 Å². The molecule has 9 nitrogen and oxygen atoms in total. The zero-order chi connectivity index (χ0) is 23.5. The fourth-order valence-corrected chi connectivity index (χ4v) is 4.41. The van der Waals surface area contributed by atoms with Crippen LogP contribution in [-0.4, -0.2) is 59.0 Å². The lowest BCUT2D eigenvalue weighted by Gasteiger charge is -2.31. The SMILES string of the molecule is Cn1cc(C#N)cc1C(=O)N1[C@@H]2CC[C@H]1CC(=O)NCCOc1ccc(F)cc1C(=O)NC2. The zero-order valence-electron chi connectivity index (χ0n) is 18.1. The molecule has 2 N–H and O–H groups in total. The average Bonchev–Trinajstić information content (AvgIpc) is 3.37. The van der Waals surface area contributed by atoms with Gasteiger partial charge in [-0.3, -0.25) is 14.4 Å². The molecule has 1 fully saturated rings. The summed E-state index contributed by atoms with van der Waals surface area (Å²) >= 11 is 0. The molecule has 1 saturated heterocycles. The Balaban J connectivity index is 1.64. The normalized spacial score (nSPS) is 21.2. The van der Waals surface area contributed by atoms with Gasteiger partial charge in [-0.25, -0.2) is 4.39 Å². The lowest BCUT2D eigenvalue weighted by atomic mass is 10.1. The van der Waals surface area contributed by atoms with Crippen molar-refractivity contribution in [2.45, 2.75) is 31.3 Å². The summed E-state index contributed by atoms with van der Waals surface area (Å²) in [5, 5.41) is 14.7. The Morgan fingerprint density at radius 3 is 2.76 bits per heavy atom. The highest BCUT2D eigenvalue weighted by Crippen LogP contribution is 2.29. The minimum absolute atomic E-state index is 0.0481. The quantitative estimate of drug-likeness (QED) is 0.676. The van der Waals surface area contributed by atoms with Gasteiger partial charge in [0, 0.05) is 38.3 Å². The summed E-state index contributed by atoms with van der Waals surface area (Å²) in [5.74, 6) is -1.39. The lowest BCUT2D eigenvalue weighted by Crippen LogP contribution is -2.48. The molecule has 0 spiro atoms. The molecule has 0 aliphatic carbocycles. The third kappa shape index (κ3) is 4.67. The second-order valence-corrected chi connectivity index (χ2v) is 8.19. The van der Waals surface area contributed by atoms with Gasteiger partial charge in [0.15, 0.2) is 0 Å². The van der Waals surface area contributed by atoms with E-state index in [9.17, 15) is 24.0 Å². The van der Waals surface area contributed by atoms with E-state index in [1.54, 1.807) is 22.7 Å². The maximum atomic E-state index is 13.8. The van der Waals surface area contributed by atoms with E-state index in [4.69, 9.17) is 4.74 Å². The Morgan fingerprint density at radius 1 is 1.21 bits per heavy atom. The number of carbonyl (C=O) groups is 3. The van der Waals surface area contributed by atoms with Crippen molar-refractivity contribution in [2.75, 3.05) is 19.7 Å². The van der Waals surface area contributed by atoms with Gasteiger partial charge < -0.3 is 24.8 Å². The van der Waals surface area contributed by atoms with Crippen molar-refractivity contribution in [3.63, 3.8) is 0 Å². The van der Waals surface area contributed by atoms with Crippen LogP contribution in [0.1, 0.15) is 45.7 Å². The van der Waals surface area contributed by atoms with Crippen LogP contribution in [0.25, 0.3) is 0 Å². The molecule has 10 heteroatoms. The molecule has 0 unspecified atom stereocenters. The summed E-state index contributed by atoms with van der Waals surface area (Å²) < 4.78 is 21.0. The van der Waals surface area contributed by atoms with Gasteiger partial charge in [0.25, 0.3) is 11.8 Å². The molecule has 172 valence electrons. The topological polar surface area (TPSA) is 116 Å². The Kier molecular flexibility index (Phi) is 6.31. The number of hydrogen-bond donors (Lipinski definition) is 2. The number of ether oxygens (including phenoxy) is 1. The summed E-state index contributed by atoms with van der Waals surface area (Å²) in [6.45, 7) is 0.437. The van der Waals surface area contributed by atoms with Crippen LogP contribution < -0.4 is 15.4 Å². The molecule has 2 aliphatic heterocycles. The van der Waals surface area contributed by atoms with Crippen LogP contribution in [0.2, 0.25) is 0 Å². The number of aromatic nitrogens is 1. The van der Waals surface area contributed by atoms with E-state index >= 15 is 0 Å². The van der Waals surface area contributed by atoms with Gasteiger partial charge in [-0.15, -0.1) is 0 Å². The molecule has 4 rings (SSSR count). The Bertz CT molecular complexity index is 1140. The fourth-order valence-electron chi connectivity index (χ4n) is 4.41. The molecule has 2 aromatic rings. The number of nitrogens with zero attached hydrogens (tertiary/aromatic N) is 3. The van der Waals surface area contributed by atoms with E-state index in [1.165, 1.54) is 18.2 Å². The molecule has 33 heavy (non-hydrogen) atoms. The van der Waals surface area contributed by atoms with Gasteiger partial charge in [-0.2, -0.15) is 5.26 Å². The number of nitrogens with one attached hydrogen (secondary N) is 2. The molecule has 2 aliphatic rings. The number of aryl methyl sites for hydroxylation is 1. The van der Waals surface area contributed by atoms with E-state index in [0.717, 1.165) is 6.07 Å². The maximum Gasteiger partial charge on any atom is 0.271 e. The number of rotatable bonds is 1. The van der Waals surface area contributed by atoms with Crippen molar-refractivity contribution < 1.29 is 23.5 Å². The molecule has 0 radical (unpaired) electrons. The Labute approximate surface area is 190 Å². The third-order valence-corrected chi connectivity index (χ3v) is 5.99. The van der Waals surface area contributed by atoms with Crippen LogP contribution in [0.3, 0.4) is 0 Å². The summed E-state index contributed by atoms with van der Waals surface area (Å²) in [5.41, 5.74) is 0.740. The van der Waals surface area contributed by atoms with E-state index in [-0.39, 0.29) is 61.3 Å². The maximum absolute atomic E-state index is 13.8. The number of hydrogen-bond acceptors (Lipinski definition) is 5. The van der Waals surface area contributed by atoms with Crippen molar-refractivity contribution in [1.29, 1.82) is 5.26 Å². The van der Waals surface area contributed by atoms with Crippen LogP contribution in [0.4, 0.5) is 4.39 Å². The highest BCUT2D eigenvalue weighted by Gasteiger charge is 2.39. The van der Waals surface area contributed by atoms with Crippen molar-refractivity contribution in [1.82, 2.24) is 20.1 Å². The molecule has 2 atom stereocenters. The van der Waals surface area contributed by atoms with Gasteiger partial charge >= 0.3 is 0 Å². The molecule has 3 heterocycles. The second kappa shape index (κ2) is 9.32. The van der Waals surface area contributed by atoms with Crippen molar-refractivity contribution >= 4 is 17.7 Å². The van der Waals surface area contributed by atoms with Crippen molar-refractivity contribution in [3.8, 4) is 11.8 Å². The minimum atomic E-state index is -0.573. The minimum Gasteiger partial charge on any atom is -0.491 e. The molecule has 1 aromatic carbocycles. The van der Waals surface area contributed by atoms with E-state index in [1.807, 2.05) is 6.07 Å². The molecular formula is C23H24FN5O4. The van der Waals surface area contributed by atoms with Crippen molar-refractivity contribution in [2.24, 2.45) is 7.05 Å². The fraction of sp³-hybridized carbons (Fsp3) is 0.391. The summed E-state index contributed by atoms with van der Waals surface area (Å²) in [6, 6.07) is 6.50. The van der Waals surface area contributed by atoms with Gasteiger partial charge in [0.1, 0.15) is 29.9 Å². The van der Waals surface area contributed by atoms with Crippen LogP contribution in [0.15, 0.2) is 30.5 Å². The zero-order valence-corrected chi connectivity index (χ0v) is 18.1. The molecule has 3 amide bonds. The second-order valence-electron chi connectivity index (χ2n) is 8.19. The first-order chi connectivity index (χ1) is 15.9. The van der Waals surface area contributed by atoms with Gasteiger partial charge in [-0.05, 0) is 37.1 Å². The molecular weight excluding hydrogens is 429 g/mol. The predicted octanol–water partition coefficient (Wildman–Crippen LogP) is 1.34. The number of amides is 3. The smallest absolute Gasteiger partial charge is 0.271 e. The largest absolute Gasteiger partial charge is 0.491 e. The van der Waals surface area contributed by atoms with E-state index in [2.05, 4.69) is 10.6 Å². The van der Waals surface area contributed by atoms with Gasteiger partial charge in [-0.1, -0.05) is 0 Å². The van der Waals surface area contributed by atoms with Crippen LogP contribution in [0, 0.1) is 17.1 Å². The van der Waals surface area contributed by atoms with Crippen molar-refractivity contribution in [3.05, 3.63) is 53.1 Å². The predicted molar refractivity (Wildman–Crippen MR) is 115 cm³/mol. The highest BCUT2D eigenvalue weighted by atomic mass is 19.1. The van der Waals surface area contributed by atoms with Crippen LogP contribution in [-0.2, 0) is 11.8 Å². The number of benzene rings is 1. The average molecular weight is 453 g/mol. The monoisotopic (exact) mass is 453 g/mol. The Morgan fingerprint density at radius 2 is 2.00 bits per heavy atom.